The van der Waals surface area contributed by atoms with E-state index in [1.54, 1.807) is 0 Å². The standard InChI is InChI=1S/C12H23N3O4S/c1-11(2,20(4,18)19)10(16)15-7-5-12(3,6-8-15)9(13)14-17/h17H,5-8H2,1-4H3,(H2,13,14). The van der Waals surface area contributed by atoms with E-state index in [9.17, 15) is 13.2 Å². The summed E-state index contributed by atoms with van der Waals surface area (Å²) in [6, 6.07) is 0. The summed E-state index contributed by atoms with van der Waals surface area (Å²) >= 11 is 0. The smallest absolute Gasteiger partial charge is 0.243 e. The SMILES string of the molecule is CC1(C(N)=NO)CCN(C(=O)C(C)(C)S(C)(=O)=O)CC1. The van der Waals surface area contributed by atoms with Gasteiger partial charge in [0.05, 0.1) is 0 Å². The summed E-state index contributed by atoms with van der Waals surface area (Å²) in [5, 5.41) is 11.8. The van der Waals surface area contributed by atoms with Crippen LogP contribution in [0.3, 0.4) is 0 Å². The molecule has 1 rings (SSSR count). The van der Waals surface area contributed by atoms with Crippen molar-refractivity contribution in [1.82, 2.24) is 4.90 Å². The summed E-state index contributed by atoms with van der Waals surface area (Å²) in [5.74, 6) is -0.256. The van der Waals surface area contributed by atoms with Crippen LogP contribution >= 0.6 is 0 Å². The Bertz CT molecular complexity index is 517. The van der Waals surface area contributed by atoms with Crippen molar-refractivity contribution in [1.29, 1.82) is 0 Å². The fraction of sp³-hybridized carbons (Fsp3) is 0.833. The fourth-order valence-corrected chi connectivity index (χ4v) is 2.57. The van der Waals surface area contributed by atoms with E-state index in [-0.39, 0.29) is 5.84 Å². The molecule has 7 nitrogen and oxygen atoms in total. The van der Waals surface area contributed by atoms with Gasteiger partial charge in [0, 0.05) is 24.8 Å². The second kappa shape index (κ2) is 5.23. The zero-order valence-electron chi connectivity index (χ0n) is 12.4. The Balaban J connectivity index is 2.84. The quantitative estimate of drug-likeness (QED) is 0.334. The summed E-state index contributed by atoms with van der Waals surface area (Å²) < 4.78 is 22.0. The summed E-state index contributed by atoms with van der Waals surface area (Å²) in [6.45, 7) is 5.49. The predicted octanol–water partition coefficient (Wildman–Crippen LogP) is 0.185. The Morgan fingerprint density at radius 1 is 1.35 bits per heavy atom. The summed E-state index contributed by atoms with van der Waals surface area (Å²) in [4.78, 5) is 13.9. The Kier molecular flexibility index (Phi) is 4.38. The third-order valence-electron chi connectivity index (χ3n) is 4.32. The summed E-state index contributed by atoms with van der Waals surface area (Å²) in [6.07, 6.45) is 2.14. The number of hydrogen-bond acceptors (Lipinski definition) is 5. The van der Waals surface area contributed by atoms with Gasteiger partial charge in [-0.2, -0.15) is 0 Å². The number of amides is 1. The van der Waals surface area contributed by atoms with Crippen molar-refractivity contribution in [3.8, 4) is 0 Å². The number of sulfone groups is 1. The van der Waals surface area contributed by atoms with Gasteiger partial charge in [0.1, 0.15) is 10.6 Å². The van der Waals surface area contributed by atoms with Gasteiger partial charge in [0.25, 0.3) is 0 Å². The first-order valence-electron chi connectivity index (χ1n) is 6.43. The minimum absolute atomic E-state index is 0.145. The lowest BCUT2D eigenvalue weighted by atomic mass is 9.79. The van der Waals surface area contributed by atoms with Gasteiger partial charge in [0.15, 0.2) is 9.84 Å². The largest absolute Gasteiger partial charge is 0.409 e. The van der Waals surface area contributed by atoms with E-state index >= 15 is 0 Å². The van der Waals surface area contributed by atoms with E-state index in [4.69, 9.17) is 10.9 Å². The normalized spacial score (nSPS) is 20.8. The molecule has 1 heterocycles. The van der Waals surface area contributed by atoms with Gasteiger partial charge in [-0.3, -0.25) is 4.79 Å². The van der Waals surface area contributed by atoms with Crippen LogP contribution in [0, 0.1) is 5.41 Å². The zero-order valence-corrected chi connectivity index (χ0v) is 13.2. The van der Waals surface area contributed by atoms with Crippen molar-refractivity contribution >= 4 is 21.6 Å². The number of piperidine rings is 1. The van der Waals surface area contributed by atoms with E-state index in [0.717, 1.165) is 6.26 Å². The number of rotatable bonds is 3. The molecule has 0 aromatic carbocycles. The molecule has 0 aromatic heterocycles. The summed E-state index contributed by atoms with van der Waals surface area (Å²) in [7, 11) is -3.48. The average Bonchev–Trinajstić information content (AvgIpc) is 2.36. The van der Waals surface area contributed by atoms with Crippen molar-refractivity contribution in [2.75, 3.05) is 19.3 Å². The lowest BCUT2D eigenvalue weighted by Gasteiger charge is -2.40. The van der Waals surface area contributed by atoms with Crippen LogP contribution in [0.4, 0.5) is 0 Å². The van der Waals surface area contributed by atoms with E-state index in [1.807, 2.05) is 6.92 Å². The van der Waals surface area contributed by atoms with Crippen LogP contribution in [-0.2, 0) is 14.6 Å². The number of carbonyl (C=O) groups is 1. The number of likely N-dealkylation sites (tertiary alicyclic amines) is 1. The van der Waals surface area contributed by atoms with E-state index in [0.29, 0.717) is 25.9 Å². The van der Waals surface area contributed by atoms with Crippen LogP contribution in [0.5, 0.6) is 0 Å². The average molecular weight is 305 g/mol. The first-order chi connectivity index (χ1) is 8.95. The number of carbonyl (C=O) groups excluding carboxylic acids is 1. The molecule has 8 heteroatoms. The van der Waals surface area contributed by atoms with Crippen molar-refractivity contribution in [3.63, 3.8) is 0 Å². The lowest BCUT2D eigenvalue weighted by molar-refractivity contribution is -0.134. The van der Waals surface area contributed by atoms with Gasteiger partial charge in [0.2, 0.25) is 5.91 Å². The number of nitrogens with zero attached hydrogens (tertiary/aromatic N) is 2. The zero-order chi connectivity index (χ0) is 15.8. The molecule has 1 aliphatic heterocycles. The molecule has 1 fully saturated rings. The molecule has 0 bridgehead atoms. The maximum atomic E-state index is 12.4. The molecule has 0 unspecified atom stereocenters. The molecule has 1 amide bonds. The molecule has 0 spiro atoms. The van der Waals surface area contributed by atoms with Crippen molar-refractivity contribution in [3.05, 3.63) is 0 Å². The molecule has 3 N–H and O–H groups in total. The first-order valence-corrected chi connectivity index (χ1v) is 8.32. The lowest BCUT2D eigenvalue weighted by Crippen LogP contribution is -2.54. The molecule has 0 radical (unpaired) electrons. The third-order valence-corrected chi connectivity index (χ3v) is 6.35. The highest BCUT2D eigenvalue weighted by Crippen LogP contribution is 2.32. The minimum Gasteiger partial charge on any atom is -0.409 e. The van der Waals surface area contributed by atoms with Gasteiger partial charge in [-0.1, -0.05) is 12.1 Å². The number of hydrogen-bond donors (Lipinski definition) is 2. The van der Waals surface area contributed by atoms with Crippen molar-refractivity contribution < 1.29 is 18.4 Å². The number of oxime groups is 1. The Hall–Kier alpha value is -1.31. The number of nitrogens with two attached hydrogens (primary N) is 1. The molecule has 1 aliphatic rings. The second-order valence-electron chi connectivity index (χ2n) is 6.12. The van der Waals surface area contributed by atoms with E-state index < -0.39 is 25.9 Å². The van der Waals surface area contributed by atoms with Gasteiger partial charge >= 0.3 is 0 Å². The Morgan fingerprint density at radius 3 is 2.15 bits per heavy atom. The van der Waals surface area contributed by atoms with Crippen LogP contribution in [0.2, 0.25) is 0 Å². The highest BCUT2D eigenvalue weighted by Gasteiger charge is 2.44. The predicted molar refractivity (Wildman–Crippen MR) is 76.3 cm³/mol. The summed E-state index contributed by atoms with van der Waals surface area (Å²) in [5.41, 5.74) is 5.20. The molecule has 0 aromatic rings. The molecular formula is C12H23N3O4S. The van der Waals surface area contributed by atoms with E-state index in [2.05, 4.69) is 5.16 Å². The van der Waals surface area contributed by atoms with Gasteiger partial charge in [-0.25, -0.2) is 8.42 Å². The molecule has 0 atom stereocenters. The topological polar surface area (TPSA) is 113 Å². The van der Waals surface area contributed by atoms with Crippen LogP contribution in [0.1, 0.15) is 33.6 Å². The fourth-order valence-electron chi connectivity index (χ4n) is 2.12. The second-order valence-corrected chi connectivity index (χ2v) is 8.69. The van der Waals surface area contributed by atoms with Crippen LogP contribution in [-0.4, -0.2) is 54.4 Å². The maximum absolute atomic E-state index is 12.4. The number of amidine groups is 1. The Labute approximate surface area is 119 Å². The molecule has 1 saturated heterocycles. The monoisotopic (exact) mass is 305 g/mol. The molecule has 0 saturated carbocycles. The van der Waals surface area contributed by atoms with E-state index in [1.165, 1.54) is 18.7 Å². The third kappa shape index (κ3) is 2.89. The minimum atomic E-state index is -3.48. The first kappa shape index (κ1) is 16.7. The highest BCUT2D eigenvalue weighted by atomic mass is 32.2. The van der Waals surface area contributed by atoms with Crippen molar-refractivity contribution in [2.45, 2.75) is 38.4 Å². The molecular weight excluding hydrogens is 282 g/mol. The van der Waals surface area contributed by atoms with Crippen molar-refractivity contribution in [2.24, 2.45) is 16.3 Å². The molecule has 0 aliphatic carbocycles. The van der Waals surface area contributed by atoms with Crippen LogP contribution in [0.25, 0.3) is 0 Å². The molecule has 116 valence electrons. The van der Waals surface area contributed by atoms with Gasteiger partial charge < -0.3 is 15.8 Å². The van der Waals surface area contributed by atoms with Crippen LogP contribution in [0.15, 0.2) is 5.16 Å². The highest BCUT2D eigenvalue weighted by molar-refractivity contribution is 7.92. The van der Waals surface area contributed by atoms with Gasteiger partial charge in [-0.05, 0) is 26.7 Å². The maximum Gasteiger partial charge on any atom is 0.243 e. The Morgan fingerprint density at radius 2 is 1.80 bits per heavy atom. The van der Waals surface area contributed by atoms with Crippen LogP contribution < -0.4 is 5.73 Å². The molecule has 20 heavy (non-hydrogen) atoms. The van der Waals surface area contributed by atoms with Gasteiger partial charge in [-0.15, -0.1) is 0 Å².